The number of phenols is 1. The Balaban J connectivity index is 1.49. The van der Waals surface area contributed by atoms with E-state index in [0.29, 0.717) is 11.3 Å². The Hall–Kier alpha value is -5.29. The normalized spacial score (nSPS) is 24.8. The molecule has 0 saturated heterocycles. The zero-order valence-electron chi connectivity index (χ0n) is 31.5. The monoisotopic (exact) mass is 770 g/mol. The van der Waals surface area contributed by atoms with Crippen LogP contribution in [-0.2, 0) is 41.6 Å². The molecule has 55 heavy (non-hydrogen) atoms. The number of amides is 2. The van der Waals surface area contributed by atoms with Gasteiger partial charge in [0.1, 0.15) is 22.9 Å². The maximum atomic E-state index is 14.4. The molecule has 4 N–H and O–H groups in total. The van der Waals surface area contributed by atoms with Gasteiger partial charge in [-0.3, -0.25) is 28.9 Å². The number of ether oxygens (including phenoxy) is 2. The second-order valence-corrected chi connectivity index (χ2v) is 15.9. The summed E-state index contributed by atoms with van der Waals surface area (Å²) >= 11 is 0. The number of esters is 1. The number of carbonyl (C=O) groups excluding carboxylic acids is 7. The van der Waals surface area contributed by atoms with E-state index in [0.717, 1.165) is 23.1 Å². The summed E-state index contributed by atoms with van der Waals surface area (Å²) in [7, 11) is 6.35. The number of aromatic hydroxyl groups is 1. The molecule has 2 aromatic carbocycles. The van der Waals surface area contributed by atoms with Gasteiger partial charge in [0.2, 0.25) is 12.7 Å². The van der Waals surface area contributed by atoms with Crippen LogP contribution in [0.1, 0.15) is 59.0 Å². The van der Waals surface area contributed by atoms with Gasteiger partial charge in [0.25, 0.3) is 0 Å². The van der Waals surface area contributed by atoms with Crippen LogP contribution in [0.5, 0.6) is 5.75 Å². The zero-order chi connectivity index (χ0) is 41.1. The van der Waals surface area contributed by atoms with Gasteiger partial charge in [-0.2, -0.15) is 0 Å². The lowest BCUT2D eigenvalue weighted by Gasteiger charge is -2.52. The van der Waals surface area contributed by atoms with Crippen LogP contribution >= 0.6 is 0 Å². The molecule has 0 bridgehead atoms. The van der Waals surface area contributed by atoms with Crippen molar-refractivity contribution < 1.29 is 62.0 Å². The third kappa shape index (κ3) is 7.17. The standard InChI is InChI=1S/C38H44F2N4O11/c1-37(2,3)15-44(36(52)55-16-54-35(51)26-21(39)9-8-10-22(26)40)14-18-13-23(42(4)5)19-11-17-12-20-28(43(6)7)31(47)27(34(41)50)33(49)38(20,53)32(48)24(17)30(46)25(19)29(18)45/h8-10,13,17,20,24,27-28,45,53H,11-12,14-16H2,1-7H3,(H2,41,50)/t17-,20-,24?,27?,28-,38-/m0/s1. The molecular formula is C38H44F2N4O11. The van der Waals surface area contributed by atoms with E-state index in [9.17, 15) is 52.6 Å². The molecule has 2 unspecified atom stereocenters. The van der Waals surface area contributed by atoms with Crippen molar-refractivity contribution in [3.8, 4) is 5.75 Å². The van der Waals surface area contributed by atoms with E-state index in [1.54, 1.807) is 45.8 Å². The van der Waals surface area contributed by atoms with Crippen molar-refractivity contribution in [1.29, 1.82) is 0 Å². The quantitative estimate of drug-likeness (QED) is 0.189. The molecule has 0 radical (unpaired) electrons. The number of phenolic OH excluding ortho intramolecular Hbond substituents is 1. The number of Topliss-reactive ketones (excluding diaryl/α,β-unsaturated/α-hetero) is 4. The van der Waals surface area contributed by atoms with E-state index in [-0.39, 0.29) is 37.1 Å². The van der Waals surface area contributed by atoms with Gasteiger partial charge in [-0.15, -0.1) is 0 Å². The van der Waals surface area contributed by atoms with Crippen LogP contribution < -0.4 is 10.6 Å². The maximum Gasteiger partial charge on any atom is 0.412 e. The average molecular weight is 771 g/mol. The number of fused-ring (bicyclic) bond motifs is 3. The zero-order valence-corrected chi connectivity index (χ0v) is 31.5. The van der Waals surface area contributed by atoms with Crippen LogP contribution in [0.2, 0.25) is 0 Å². The number of carbonyl (C=O) groups is 7. The first-order valence-electron chi connectivity index (χ1n) is 17.4. The highest BCUT2D eigenvalue weighted by Gasteiger charge is 2.69. The van der Waals surface area contributed by atoms with Gasteiger partial charge in [-0.1, -0.05) is 26.8 Å². The van der Waals surface area contributed by atoms with Gasteiger partial charge in [0.05, 0.1) is 24.1 Å². The first kappa shape index (κ1) is 40.9. The van der Waals surface area contributed by atoms with E-state index in [1.165, 1.54) is 19.0 Å². The molecule has 0 heterocycles. The Kier molecular flexibility index (Phi) is 11.0. The number of ketones is 4. The number of hydrogen-bond donors (Lipinski definition) is 3. The Morgan fingerprint density at radius 2 is 1.62 bits per heavy atom. The van der Waals surface area contributed by atoms with Crippen molar-refractivity contribution in [3.05, 3.63) is 58.2 Å². The molecule has 17 heteroatoms. The van der Waals surface area contributed by atoms with Crippen molar-refractivity contribution in [2.45, 2.75) is 51.8 Å². The molecule has 3 aliphatic carbocycles. The van der Waals surface area contributed by atoms with Crippen LogP contribution in [0.3, 0.4) is 0 Å². The van der Waals surface area contributed by atoms with Crippen molar-refractivity contribution >= 4 is 46.8 Å². The van der Waals surface area contributed by atoms with Crippen molar-refractivity contribution in [2.75, 3.05) is 46.4 Å². The highest BCUT2D eigenvalue weighted by atomic mass is 19.1. The molecule has 2 amide bonds. The molecule has 3 aliphatic rings. The van der Waals surface area contributed by atoms with Crippen LogP contribution in [0.25, 0.3) is 0 Å². The summed E-state index contributed by atoms with van der Waals surface area (Å²) < 4.78 is 38.1. The topological polar surface area (TPSA) is 214 Å². The number of likely N-dealkylation sites (N-methyl/N-ethyl adjacent to an activating group) is 1. The third-order valence-corrected chi connectivity index (χ3v) is 10.4. The summed E-state index contributed by atoms with van der Waals surface area (Å²) in [4.78, 5) is 98.0. The van der Waals surface area contributed by atoms with E-state index in [2.05, 4.69) is 0 Å². The molecule has 2 saturated carbocycles. The van der Waals surface area contributed by atoms with Crippen LogP contribution in [0, 0.1) is 40.7 Å². The molecule has 0 aromatic heterocycles. The van der Waals surface area contributed by atoms with Gasteiger partial charge >= 0.3 is 12.1 Å². The van der Waals surface area contributed by atoms with Crippen molar-refractivity contribution in [3.63, 3.8) is 0 Å². The van der Waals surface area contributed by atoms with Gasteiger partial charge in [0, 0.05) is 37.8 Å². The average Bonchev–Trinajstić information content (AvgIpc) is 3.06. The maximum absolute atomic E-state index is 14.4. The summed E-state index contributed by atoms with van der Waals surface area (Å²) in [6.45, 7) is 3.99. The molecule has 5 rings (SSSR count). The SMILES string of the molecule is CN(C)c1cc(CN(CC(C)(C)C)C(=O)OCOC(=O)c2c(F)cccc2F)c(O)c2c1C[C@H]1C[C@H]3[C@H](N(C)C)C(=O)C(C(N)=O)C(=O)[C@@]3(O)C(=O)C1C2=O. The highest BCUT2D eigenvalue weighted by Crippen LogP contribution is 2.52. The predicted molar refractivity (Wildman–Crippen MR) is 189 cm³/mol. The highest BCUT2D eigenvalue weighted by molar-refractivity contribution is 6.32. The lowest BCUT2D eigenvalue weighted by molar-refractivity contribution is -0.181. The summed E-state index contributed by atoms with van der Waals surface area (Å²) in [6, 6.07) is 3.08. The van der Waals surface area contributed by atoms with Crippen molar-refractivity contribution in [1.82, 2.24) is 9.80 Å². The third-order valence-electron chi connectivity index (χ3n) is 10.4. The largest absolute Gasteiger partial charge is 0.507 e. The number of nitrogens with zero attached hydrogens (tertiary/aromatic N) is 3. The number of nitrogens with two attached hydrogens (primary N) is 1. The molecule has 6 atom stereocenters. The Morgan fingerprint density at radius 1 is 1.00 bits per heavy atom. The van der Waals surface area contributed by atoms with Gasteiger partial charge in [0.15, 0.2) is 34.7 Å². The van der Waals surface area contributed by atoms with E-state index in [4.69, 9.17) is 15.2 Å². The molecule has 2 fully saturated rings. The molecule has 0 aliphatic heterocycles. The van der Waals surface area contributed by atoms with E-state index < -0.39 is 112 Å². The van der Waals surface area contributed by atoms with Gasteiger partial charge < -0.3 is 35.2 Å². The number of anilines is 1. The van der Waals surface area contributed by atoms with Crippen LogP contribution in [-0.4, -0.2) is 114 Å². The number of aliphatic hydroxyl groups is 1. The molecule has 0 spiro atoms. The summed E-state index contributed by atoms with van der Waals surface area (Å²) in [5.41, 5.74) is 1.53. The minimum absolute atomic E-state index is 0.00397. The number of benzene rings is 2. The number of halogens is 2. The fourth-order valence-electron chi connectivity index (χ4n) is 8.18. The molecule has 296 valence electrons. The molecular weight excluding hydrogens is 726 g/mol. The Labute approximate surface area is 315 Å². The van der Waals surface area contributed by atoms with E-state index in [1.807, 2.05) is 0 Å². The van der Waals surface area contributed by atoms with Crippen molar-refractivity contribution in [2.24, 2.45) is 34.8 Å². The second kappa shape index (κ2) is 14.7. The molecule has 15 nitrogen and oxygen atoms in total. The lowest BCUT2D eigenvalue weighted by atomic mass is 9.52. The number of rotatable bonds is 9. The smallest absolute Gasteiger partial charge is 0.412 e. The van der Waals surface area contributed by atoms with Crippen LogP contribution in [0.15, 0.2) is 24.3 Å². The fraction of sp³-hybridized carbons (Fsp3) is 0.500. The predicted octanol–water partition coefficient (Wildman–Crippen LogP) is 2.01. The summed E-state index contributed by atoms with van der Waals surface area (Å²) in [5, 5.41) is 23.7. The Morgan fingerprint density at radius 3 is 2.16 bits per heavy atom. The summed E-state index contributed by atoms with van der Waals surface area (Å²) in [6.07, 6.45) is -1.15. The second-order valence-electron chi connectivity index (χ2n) is 15.9. The van der Waals surface area contributed by atoms with Gasteiger partial charge in [-0.25, -0.2) is 18.4 Å². The lowest BCUT2D eigenvalue weighted by Crippen LogP contribution is -2.74. The minimum atomic E-state index is -2.90. The Bertz CT molecular complexity index is 1970. The minimum Gasteiger partial charge on any atom is -0.507 e. The first-order valence-corrected chi connectivity index (χ1v) is 17.4. The molecule has 2 aromatic rings. The van der Waals surface area contributed by atoms with Gasteiger partial charge in [-0.05, 0) is 62.0 Å². The van der Waals surface area contributed by atoms with Crippen LogP contribution in [0.4, 0.5) is 19.3 Å². The number of hydrogen-bond acceptors (Lipinski definition) is 13. The summed E-state index contributed by atoms with van der Waals surface area (Å²) in [5.74, 6) is -15.9. The van der Waals surface area contributed by atoms with E-state index >= 15 is 0 Å². The first-order chi connectivity index (χ1) is 25.5. The number of primary amides is 1. The fourth-order valence-corrected chi connectivity index (χ4v) is 8.18.